The number of hydrogen-bond donors (Lipinski definition) is 3. The zero-order chi connectivity index (χ0) is 19.9. The second kappa shape index (κ2) is 14.0. The third-order valence-electron chi connectivity index (χ3n) is 4.15. The second-order valence-electron chi connectivity index (χ2n) is 6.73. The van der Waals surface area contributed by atoms with Gasteiger partial charge in [0, 0.05) is 26.2 Å². The van der Waals surface area contributed by atoms with Crippen LogP contribution in [0.5, 0.6) is 0 Å². The van der Waals surface area contributed by atoms with E-state index >= 15 is 0 Å². The van der Waals surface area contributed by atoms with E-state index in [1.165, 1.54) is 5.56 Å². The fourth-order valence-corrected chi connectivity index (χ4v) is 2.70. The van der Waals surface area contributed by atoms with Crippen LogP contribution in [0.2, 0.25) is 0 Å². The molecule has 0 spiro atoms. The van der Waals surface area contributed by atoms with Crippen molar-refractivity contribution in [2.24, 2.45) is 10.9 Å². The van der Waals surface area contributed by atoms with Gasteiger partial charge in [-0.05, 0) is 38.2 Å². The van der Waals surface area contributed by atoms with E-state index < -0.39 is 0 Å². The molecule has 0 aromatic heterocycles. The summed E-state index contributed by atoms with van der Waals surface area (Å²) in [5.74, 6) is 1.06. The SMILES string of the molecule is CCNC(=NCC(=O)NCCc1ccccc1)NCCC(OCC)C(C)C. The number of guanidine groups is 1. The summed E-state index contributed by atoms with van der Waals surface area (Å²) in [6.45, 7) is 11.3. The number of aliphatic imine (C=N–C) groups is 1. The maximum absolute atomic E-state index is 12.0. The fraction of sp³-hybridized carbons (Fsp3) is 0.619. The summed E-state index contributed by atoms with van der Waals surface area (Å²) in [6, 6.07) is 10.1. The van der Waals surface area contributed by atoms with Crippen molar-refractivity contribution in [3.8, 4) is 0 Å². The van der Waals surface area contributed by atoms with E-state index in [4.69, 9.17) is 4.74 Å². The highest BCUT2D eigenvalue weighted by atomic mass is 16.5. The minimum absolute atomic E-state index is 0.0718. The van der Waals surface area contributed by atoms with Crippen molar-refractivity contribution in [2.75, 3.05) is 32.8 Å². The molecule has 1 atom stereocenters. The van der Waals surface area contributed by atoms with Crippen molar-refractivity contribution >= 4 is 11.9 Å². The van der Waals surface area contributed by atoms with Crippen LogP contribution in [0.1, 0.15) is 39.7 Å². The zero-order valence-corrected chi connectivity index (χ0v) is 17.3. The van der Waals surface area contributed by atoms with E-state index in [-0.39, 0.29) is 18.6 Å². The molecule has 1 aromatic rings. The monoisotopic (exact) mass is 376 g/mol. The molecule has 0 aliphatic heterocycles. The van der Waals surface area contributed by atoms with E-state index in [1.54, 1.807) is 0 Å². The van der Waals surface area contributed by atoms with Gasteiger partial charge < -0.3 is 20.7 Å². The first kappa shape index (κ1) is 23.0. The number of nitrogens with one attached hydrogen (secondary N) is 3. The minimum Gasteiger partial charge on any atom is -0.378 e. The first-order valence-corrected chi connectivity index (χ1v) is 10.0. The molecule has 152 valence electrons. The van der Waals surface area contributed by atoms with Gasteiger partial charge in [0.05, 0.1) is 6.10 Å². The number of carbonyl (C=O) groups excluding carboxylic acids is 1. The Morgan fingerprint density at radius 1 is 1.07 bits per heavy atom. The first-order valence-electron chi connectivity index (χ1n) is 10.0. The van der Waals surface area contributed by atoms with Crippen LogP contribution < -0.4 is 16.0 Å². The Hall–Kier alpha value is -2.08. The Bertz CT molecular complexity index is 546. The molecule has 6 nitrogen and oxygen atoms in total. The molecular formula is C21H36N4O2. The van der Waals surface area contributed by atoms with Crippen LogP contribution in [0.3, 0.4) is 0 Å². The molecule has 27 heavy (non-hydrogen) atoms. The normalized spacial score (nSPS) is 12.7. The van der Waals surface area contributed by atoms with Gasteiger partial charge in [0.15, 0.2) is 5.96 Å². The molecule has 0 aliphatic carbocycles. The lowest BCUT2D eigenvalue weighted by Gasteiger charge is -2.21. The van der Waals surface area contributed by atoms with Gasteiger partial charge in [-0.1, -0.05) is 44.2 Å². The molecular weight excluding hydrogens is 340 g/mol. The van der Waals surface area contributed by atoms with Crippen molar-refractivity contribution in [1.82, 2.24) is 16.0 Å². The highest BCUT2D eigenvalue weighted by molar-refractivity contribution is 5.84. The zero-order valence-electron chi connectivity index (χ0n) is 17.3. The Kier molecular flexibility index (Phi) is 11.9. The number of hydrogen-bond acceptors (Lipinski definition) is 3. The lowest BCUT2D eigenvalue weighted by molar-refractivity contribution is -0.119. The summed E-state index contributed by atoms with van der Waals surface area (Å²) >= 11 is 0. The van der Waals surface area contributed by atoms with E-state index in [1.807, 2.05) is 32.0 Å². The summed E-state index contributed by atoms with van der Waals surface area (Å²) in [5, 5.41) is 9.37. The molecule has 0 saturated heterocycles. The third-order valence-corrected chi connectivity index (χ3v) is 4.15. The molecule has 1 aromatic carbocycles. The first-order chi connectivity index (χ1) is 13.1. The van der Waals surface area contributed by atoms with Gasteiger partial charge in [-0.25, -0.2) is 4.99 Å². The number of amides is 1. The molecule has 0 saturated carbocycles. The predicted octanol–water partition coefficient (Wildman–Crippen LogP) is 2.35. The number of rotatable bonds is 12. The summed E-state index contributed by atoms with van der Waals surface area (Å²) in [7, 11) is 0. The molecule has 0 heterocycles. The van der Waals surface area contributed by atoms with Crippen molar-refractivity contribution in [3.63, 3.8) is 0 Å². The highest BCUT2D eigenvalue weighted by Crippen LogP contribution is 2.09. The maximum Gasteiger partial charge on any atom is 0.241 e. The van der Waals surface area contributed by atoms with Crippen molar-refractivity contribution in [1.29, 1.82) is 0 Å². The van der Waals surface area contributed by atoms with Gasteiger partial charge in [-0.2, -0.15) is 0 Å². The second-order valence-corrected chi connectivity index (χ2v) is 6.73. The van der Waals surface area contributed by atoms with Gasteiger partial charge in [-0.15, -0.1) is 0 Å². The molecule has 0 fully saturated rings. The average molecular weight is 377 g/mol. The topological polar surface area (TPSA) is 74.8 Å². The third kappa shape index (κ3) is 10.6. The van der Waals surface area contributed by atoms with Gasteiger partial charge in [0.25, 0.3) is 0 Å². The van der Waals surface area contributed by atoms with E-state index in [0.29, 0.717) is 18.4 Å². The molecule has 0 aliphatic rings. The Labute approximate surface area is 164 Å². The largest absolute Gasteiger partial charge is 0.378 e. The molecule has 0 radical (unpaired) electrons. The molecule has 1 rings (SSSR count). The average Bonchev–Trinajstić information content (AvgIpc) is 2.66. The minimum atomic E-state index is -0.0718. The molecule has 3 N–H and O–H groups in total. The number of benzene rings is 1. The van der Waals surface area contributed by atoms with Crippen molar-refractivity contribution in [3.05, 3.63) is 35.9 Å². The Morgan fingerprint density at radius 2 is 1.81 bits per heavy atom. The van der Waals surface area contributed by atoms with Crippen LogP contribution in [-0.4, -0.2) is 50.8 Å². The summed E-state index contributed by atoms with van der Waals surface area (Å²) in [5.41, 5.74) is 1.21. The Balaban J connectivity index is 2.35. The quantitative estimate of drug-likeness (QED) is 0.387. The highest BCUT2D eigenvalue weighted by Gasteiger charge is 2.13. The number of ether oxygens (including phenoxy) is 1. The van der Waals surface area contributed by atoms with E-state index in [0.717, 1.165) is 32.5 Å². The van der Waals surface area contributed by atoms with Gasteiger partial charge in [0.2, 0.25) is 5.91 Å². The number of nitrogens with zero attached hydrogens (tertiary/aromatic N) is 1. The molecule has 0 bridgehead atoms. The van der Waals surface area contributed by atoms with Crippen molar-refractivity contribution in [2.45, 2.75) is 46.6 Å². The molecule has 6 heteroatoms. The van der Waals surface area contributed by atoms with Gasteiger partial charge >= 0.3 is 0 Å². The van der Waals surface area contributed by atoms with Crippen LogP contribution in [0.4, 0.5) is 0 Å². The van der Waals surface area contributed by atoms with Crippen LogP contribution in [0.15, 0.2) is 35.3 Å². The van der Waals surface area contributed by atoms with E-state index in [9.17, 15) is 4.79 Å². The lowest BCUT2D eigenvalue weighted by atomic mass is 10.0. The smallest absolute Gasteiger partial charge is 0.241 e. The van der Waals surface area contributed by atoms with Crippen LogP contribution in [0, 0.1) is 5.92 Å². The van der Waals surface area contributed by atoms with Gasteiger partial charge in [-0.3, -0.25) is 4.79 Å². The Morgan fingerprint density at radius 3 is 2.44 bits per heavy atom. The van der Waals surface area contributed by atoms with E-state index in [2.05, 4.69) is 46.9 Å². The number of carbonyl (C=O) groups is 1. The van der Waals surface area contributed by atoms with Crippen molar-refractivity contribution < 1.29 is 9.53 Å². The van der Waals surface area contributed by atoms with Crippen LogP contribution in [-0.2, 0) is 16.0 Å². The fourth-order valence-electron chi connectivity index (χ4n) is 2.70. The summed E-state index contributed by atoms with van der Waals surface area (Å²) in [6.07, 6.45) is 1.95. The predicted molar refractivity (Wildman–Crippen MR) is 112 cm³/mol. The maximum atomic E-state index is 12.0. The molecule has 1 unspecified atom stereocenters. The lowest BCUT2D eigenvalue weighted by Crippen LogP contribution is -2.40. The van der Waals surface area contributed by atoms with Crippen LogP contribution >= 0.6 is 0 Å². The summed E-state index contributed by atoms with van der Waals surface area (Å²) < 4.78 is 5.76. The molecule has 1 amide bonds. The summed E-state index contributed by atoms with van der Waals surface area (Å²) in [4.78, 5) is 16.4. The van der Waals surface area contributed by atoms with Crippen LogP contribution in [0.25, 0.3) is 0 Å². The standard InChI is InChI=1S/C21H36N4O2/c1-5-22-21(24-15-13-19(17(3)4)27-6-2)25-16-20(26)23-14-12-18-10-8-7-9-11-18/h7-11,17,19H,5-6,12-16H2,1-4H3,(H,23,26)(H2,22,24,25). The van der Waals surface area contributed by atoms with Gasteiger partial charge in [0.1, 0.15) is 6.54 Å².